The van der Waals surface area contributed by atoms with Crippen molar-refractivity contribution in [3.63, 3.8) is 0 Å². The minimum absolute atomic E-state index is 0.314. The summed E-state index contributed by atoms with van der Waals surface area (Å²) in [5, 5.41) is 0. The van der Waals surface area contributed by atoms with Gasteiger partial charge in [0.2, 0.25) is 0 Å². The maximum absolute atomic E-state index is 11.7. The molecule has 1 heterocycles. The number of carbonyl (C=O) groups is 1. The Balaban J connectivity index is 2.30. The van der Waals surface area contributed by atoms with Gasteiger partial charge in [0.25, 0.3) is 0 Å². The molecule has 0 saturated carbocycles. The number of nitrogens with zero attached hydrogens (tertiary/aromatic N) is 1. The van der Waals surface area contributed by atoms with Crippen LogP contribution in [0, 0.1) is 6.92 Å². The van der Waals surface area contributed by atoms with E-state index in [2.05, 4.69) is 36.2 Å². The zero-order chi connectivity index (χ0) is 14.5. The number of carbonyl (C=O) groups excluding carboxylic acids is 1. The maximum Gasteiger partial charge on any atom is 0.339 e. The summed E-state index contributed by atoms with van der Waals surface area (Å²) in [7, 11) is 0. The Morgan fingerprint density at radius 2 is 1.80 bits per heavy atom. The fraction of sp³-hybridized carbons (Fsp3) is 0.294. The van der Waals surface area contributed by atoms with E-state index in [1.807, 2.05) is 13.0 Å². The van der Waals surface area contributed by atoms with Crippen LogP contribution in [0.2, 0.25) is 0 Å². The highest BCUT2D eigenvalue weighted by atomic mass is 16.5. The summed E-state index contributed by atoms with van der Waals surface area (Å²) in [6.07, 6.45) is 1.02. The number of rotatable bonds is 4. The van der Waals surface area contributed by atoms with Crippen molar-refractivity contribution >= 4 is 5.97 Å². The molecule has 0 unspecified atom stereocenters. The molecule has 104 valence electrons. The lowest BCUT2D eigenvalue weighted by Gasteiger charge is -2.08. The number of hydrogen-bond donors (Lipinski definition) is 0. The molecule has 0 radical (unpaired) electrons. The summed E-state index contributed by atoms with van der Waals surface area (Å²) in [5.74, 6) is -0.314. The van der Waals surface area contributed by atoms with Crippen LogP contribution in [0.4, 0.5) is 0 Å². The van der Waals surface area contributed by atoms with Crippen molar-refractivity contribution in [2.24, 2.45) is 0 Å². The van der Waals surface area contributed by atoms with Crippen molar-refractivity contribution < 1.29 is 9.53 Å². The van der Waals surface area contributed by atoms with E-state index in [0.29, 0.717) is 17.9 Å². The second kappa shape index (κ2) is 6.33. The van der Waals surface area contributed by atoms with Crippen molar-refractivity contribution in [3.8, 4) is 11.3 Å². The third-order valence-electron chi connectivity index (χ3n) is 3.24. The number of esters is 1. The van der Waals surface area contributed by atoms with E-state index in [0.717, 1.165) is 17.7 Å². The second-order valence-electron chi connectivity index (χ2n) is 4.60. The predicted octanol–water partition coefficient (Wildman–Crippen LogP) is 3.80. The van der Waals surface area contributed by atoms with Gasteiger partial charge < -0.3 is 4.74 Å². The summed E-state index contributed by atoms with van der Waals surface area (Å²) in [4.78, 5) is 16.2. The Morgan fingerprint density at radius 1 is 1.10 bits per heavy atom. The summed E-state index contributed by atoms with van der Waals surface area (Å²) in [6.45, 7) is 6.13. The largest absolute Gasteiger partial charge is 0.462 e. The molecule has 1 aromatic carbocycles. The Hall–Kier alpha value is -2.16. The van der Waals surface area contributed by atoms with Crippen LogP contribution in [0.15, 0.2) is 36.4 Å². The van der Waals surface area contributed by atoms with Gasteiger partial charge in [-0.05, 0) is 38.0 Å². The lowest BCUT2D eigenvalue weighted by molar-refractivity contribution is 0.0525. The molecule has 2 rings (SSSR count). The number of benzene rings is 1. The highest BCUT2D eigenvalue weighted by molar-refractivity contribution is 5.90. The first-order chi connectivity index (χ1) is 9.65. The first-order valence-corrected chi connectivity index (χ1v) is 6.89. The van der Waals surface area contributed by atoms with Crippen molar-refractivity contribution in [1.29, 1.82) is 0 Å². The third kappa shape index (κ3) is 3.05. The van der Waals surface area contributed by atoms with E-state index in [9.17, 15) is 4.79 Å². The van der Waals surface area contributed by atoms with Crippen LogP contribution >= 0.6 is 0 Å². The zero-order valence-corrected chi connectivity index (χ0v) is 12.1. The van der Waals surface area contributed by atoms with Crippen LogP contribution in [0.5, 0.6) is 0 Å². The van der Waals surface area contributed by atoms with E-state index >= 15 is 0 Å². The van der Waals surface area contributed by atoms with E-state index in [4.69, 9.17) is 4.74 Å². The van der Waals surface area contributed by atoms with E-state index in [-0.39, 0.29) is 5.97 Å². The van der Waals surface area contributed by atoms with Crippen molar-refractivity contribution in [1.82, 2.24) is 4.98 Å². The van der Waals surface area contributed by atoms with Crippen molar-refractivity contribution in [2.75, 3.05) is 6.61 Å². The lowest BCUT2D eigenvalue weighted by atomic mass is 10.1. The van der Waals surface area contributed by atoms with E-state index in [1.165, 1.54) is 5.56 Å². The average molecular weight is 269 g/mol. The quantitative estimate of drug-likeness (QED) is 0.793. The van der Waals surface area contributed by atoms with Gasteiger partial charge in [0, 0.05) is 5.56 Å². The standard InChI is InChI=1S/C17H19NO2/c1-4-13-6-8-14(9-7-13)16-11-10-15(12(3)18-16)17(19)20-5-2/h6-11H,4-5H2,1-3H3. The highest BCUT2D eigenvalue weighted by Gasteiger charge is 2.12. The summed E-state index contributed by atoms with van der Waals surface area (Å²) < 4.78 is 5.01. The maximum atomic E-state index is 11.7. The topological polar surface area (TPSA) is 39.2 Å². The molecule has 0 spiro atoms. The second-order valence-corrected chi connectivity index (χ2v) is 4.60. The molecule has 0 bridgehead atoms. The smallest absolute Gasteiger partial charge is 0.339 e. The van der Waals surface area contributed by atoms with Crippen LogP contribution in [0.25, 0.3) is 11.3 Å². The van der Waals surface area contributed by atoms with Crippen LogP contribution in [-0.2, 0) is 11.2 Å². The summed E-state index contributed by atoms with van der Waals surface area (Å²) in [6, 6.07) is 12.0. The predicted molar refractivity (Wildman–Crippen MR) is 79.7 cm³/mol. The molecule has 20 heavy (non-hydrogen) atoms. The van der Waals surface area contributed by atoms with Crippen molar-refractivity contribution in [3.05, 3.63) is 53.2 Å². The van der Waals surface area contributed by atoms with Gasteiger partial charge in [-0.3, -0.25) is 4.98 Å². The fourth-order valence-corrected chi connectivity index (χ4v) is 2.06. The number of ether oxygens (including phenoxy) is 1. The molecule has 2 aromatic rings. The van der Waals surface area contributed by atoms with Gasteiger partial charge in [-0.1, -0.05) is 31.2 Å². The molecule has 1 aromatic heterocycles. The number of pyridine rings is 1. The van der Waals surface area contributed by atoms with Crippen molar-refractivity contribution in [2.45, 2.75) is 27.2 Å². The highest BCUT2D eigenvalue weighted by Crippen LogP contribution is 2.20. The van der Waals surface area contributed by atoms with Crippen LogP contribution < -0.4 is 0 Å². The van der Waals surface area contributed by atoms with Gasteiger partial charge in [-0.2, -0.15) is 0 Å². The third-order valence-corrected chi connectivity index (χ3v) is 3.24. The SMILES string of the molecule is CCOC(=O)c1ccc(-c2ccc(CC)cc2)nc1C. The van der Waals surface area contributed by atoms with Gasteiger partial charge >= 0.3 is 5.97 Å². The molecule has 3 nitrogen and oxygen atoms in total. The first-order valence-electron chi connectivity index (χ1n) is 6.89. The van der Waals surface area contributed by atoms with Gasteiger partial charge in [-0.15, -0.1) is 0 Å². The number of aromatic nitrogens is 1. The fourth-order valence-electron chi connectivity index (χ4n) is 2.06. The molecular formula is C17H19NO2. The molecule has 0 aliphatic rings. The molecule has 0 N–H and O–H groups in total. The molecular weight excluding hydrogens is 250 g/mol. The average Bonchev–Trinajstić information content (AvgIpc) is 2.47. The van der Waals surface area contributed by atoms with E-state index < -0.39 is 0 Å². The van der Waals surface area contributed by atoms with Gasteiger partial charge in [0.15, 0.2) is 0 Å². The molecule has 0 aliphatic heterocycles. The monoisotopic (exact) mass is 269 g/mol. The van der Waals surface area contributed by atoms with Gasteiger partial charge in [0.1, 0.15) is 0 Å². The Morgan fingerprint density at radius 3 is 2.35 bits per heavy atom. The molecule has 0 aliphatic carbocycles. The number of hydrogen-bond acceptors (Lipinski definition) is 3. The Bertz CT molecular complexity index is 603. The minimum Gasteiger partial charge on any atom is -0.462 e. The van der Waals surface area contributed by atoms with E-state index in [1.54, 1.807) is 13.0 Å². The molecule has 0 fully saturated rings. The normalized spacial score (nSPS) is 10.3. The minimum atomic E-state index is -0.314. The first kappa shape index (κ1) is 14.3. The molecule has 3 heteroatoms. The molecule has 0 amide bonds. The summed E-state index contributed by atoms with van der Waals surface area (Å²) in [5.41, 5.74) is 4.45. The van der Waals surface area contributed by atoms with Gasteiger partial charge in [-0.25, -0.2) is 4.79 Å². The van der Waals surface area contributed by atoms with Gasteiger partial charge in [0.05, 0.1) is 23.6 Å². The molecule has 0 saturated heterocycles. The summed E-state index contributed by atoms with van der Waals surface area (Å²) >= 11 is 0. The molecule has 0 atom stereocenters. The van der Waals surface area contributed by atoms with Crippen LogP contribution in [-0.4, -0.2) is 17.6 Å². The number of aryl methyl sites for hydroxylation is 2. The van der Waals surface area contributed by atoms with Crippen LogP contribution in [0.3, 0.4) is 0 Å². The lowest BCUT2D eigenvalue weighted by Crippen LogP contribution is -2.08. The Labute approximate surface area is 119 Å². The van der Waals surface area contributed by atoms with Crippen LogP contribution in [0.1, 0.15) is 35.5 Å². The zero-order valence-electron chi connectivity index (χ0n) is 12.1. The Kier molecular flexibility index (Phi) is 4.51.